The second kappa shape index (κ2) is 7.63. The highest BCUT2D eigenvalue weighted by Gasteiger charge is 2.61. The number of carbonyl (C=O) groups is 3. The highest BCUT2D eigenvalue weighted by molar-refractivity contribution is 6.11. The highest BCUT2D eigenvalue weighted by Crippen LogP contribution is 2.43. The van der Waals surface area contributed by atoms with E-state index in [2.05, 4.69) is 15.3 Å². The zero-order chi connectivity index (χ0) is 22.5. The molecular formula is C24H26N5O3+. The predicted octanol–water partition coefficient (Wildman–Crippen LogP) is 2.42. The number of anilines is 1. The molecule has 0 spiro atoms. The van der Waals surface area contributed by atoms with Crippen LogP contribution in [0.15, 0.2) is 47.9 Å². The largest absolute Gasteiger partial charge is 0.370 e. The number of quaternary nitrogens is 1. The number of nitrogens with one attached hydrogen (secondary N) is 1. The first-order valence-corrected chi connectivity index (χ1v) is 11.0. The van der Waals surface area contributed by atoms with Gasteiger partial charge in [0.1, 0.15) is 11.9 Å². The van der Waals surface area contributed by atoms with Crippen LogP contribution >= 0.6 is 0 Å². The van der Waals surface area contributed by atoms with Crippen LogP contribution in [0.3, 0.4) is 0 Å². The lowest BCUT2D eigenvalue weighted by molar-refractivity contribution is -0.762. The van der Waals surface area contributed by atoms with Crippen LogP contribution < -0.4 is 5.32 Å². The van der Waals surface area contributed by atoms with E-state index in [-0.39, 0.29) is 34.8 Å². The second-order valence-electron chi connectivity index (χ2n) is 8.89. The van der Waals surface area contributed by atoms with Crippen LogP contribution in [0.5, 0.6) is 0 Å². The molecule has 1 N–H and O–H groups in total. The Bertz CT molecular complexity index is 1150. The molecule has 8 heteroatoms. The Labute approximate surface area is 186 Å². The van der Waals surface area contributed by atoms with E-state index in [9.17, 15) is 14.4 Å². The molecule has 0 radical (unpaired) electrons. The molecule has 3 aliphatic rings. The first-order valence-electron chi connectivity index (χ1n) is 11.0. The van der Waals surface area contributed by atoms with E-state index >= 15 is 0 Å². The van der Waals surface area contributed by atoms with Gasteiger partial charge in [-0.25, -0.2) is 14.6 Å². The Kier molecular flexibility index (Phi) is 4.89. The molecule has 0 bridgehead atoms. The van der Waals surface area contributed by atoms with Crippen molar-refractivity contribution in [1.29, 1.82) is 0 Å². The number of amides is 3. The number of aromatic nitrogens is 2. The summed E-state index contributed by atoms with van der Waals surface area (Å²) < 4.78 is -0.153. The molecule has 5 rings (SSSR count). The van der Waals surface area contributed by atoms with Crippen molar-refractivity contribution in [2.45, 2.75) is 38.6 Å². The van der Waals surface area contributed by atoms with E-state index in [0.717, 1.165) is 36.1 Å². The molecule has 2 aromatic heterocycles. The van der Waals surface area contributed by atoms with Crippen molar-refractivity contribution in [3.63, 3.8) is 0 Å². The number of imide groups is 1. The number of aryl methyl sites for hydroxylation is 1. The van der Waals surface area contributed by atoms with Crippen molar-refractivity contribution in [3.8, 4) is 11.1 Å². The first kappa shape index (κ1) is 20.5. The van der Waals surface area contributed by atoms with Gasteiger partial charge in [0.05, 0.1) is 19.2 Å². The van der Waals surface area contributed by atoms with Crippen LogP contribution in [0.4, 0.5) is 5.82 Å². The standard InChI is InChI=1S/C24H25N5O3/c1-15-18(5-3-11-25-15)16-7-10-20(26-13-16)27-21(30)14-28-12-4-6-19-22(28)24(32)29(2,23(19)31)17-8-9-17/h3,5,7,10-11,13,17H,4,6,8-9,12,14H2,1-2H3/p+1. The summed E-state index contributed by atoms with van der Waals surface area (Å²) in [5.74, 6) is -0.0573. The third-order valence-electron chi connectivity index (χ3n) is 6.72. The molecule has 32 heavy (non-hydrogen) atoms. The summed E-state index contributed by atoms with van der Waals surface area (Å²) in [6, 6.07) is 7.59. The number of nitrogens with zero attached hydrogens (tertiary/aromatic N) is 4. The summed E-state index contributed by atoms with van der Waals surface area (Å²) >= 11 is 0. The smallest absolute Gasteiger partial charge is 0.354 e. The lowest BCUT2D eigenvalue weighted by atomic mass is 10.0. The average molecular weight is 433 g/mol. The van der Waals surface area contributed by atoms with Gasteiger partial charge in [-0.1, -0.05) is 6.07 Å². The number of carbonyl (C=O) groups excluding carboxylic acids is 3. The van der Waals surface area contributed by atoms with E-state index in [1.165, 1.54) is 0 Å². The fraction of sp³-hybridized carbons (Fsp3) is 0.375. The molecule has 2 aromatic rings. The number of pyridine rings is 2. The summed E-state index contributed by atoms with van der Waals surface area (Å²) in [6.07, 6.45) is 6.61. The van der Waals surface area contributed by atoms with E-state index < -0.39 is 0 Å². The molecule has 3 amide bonds. The molecule has 1 unspecified atom stereocenters. The molecule has 2 aliphatic heterocycles. The van der Waals surface area contributed by atoms with Crippen molar-refractivity contribution in [2.24, 2.45) is 0 Å². The van der Waals surface area contributed by atoms with Crippen LogP contribution in [-0.2, 0) is 14.4 Å². The van der Waals surface area contributed by atoms with Crippen LogP contribution in [0.2, 0.25) is 0 Å². The highest BCUT2D eigenvalue weighted by atomic mass is 16.2. The minimum atomic E-state index is -0.260. The summed E-state index contributed by atoms with van der Waals surface area (Å²) in [6.45, 7) is 2.55. The molecule has 1 saturated carbocycles. The lowest BCUT2D eigenvalue weighted by Gasteiger charge is -2.28. The van der Waals surface area contributed by atoms with Gasteiger partial charge in [0.15, 0.2) is 5.70 Å². The van der Waals surface area contributed by atoms with Gasteiger partial charge in [-0.3, -0.25) is 9.78 Å². The summed E-state index contributed by atoms with van der Waals surface area (Å²) in [5.41, 5.74) is 3.87. The van der Waals surface area contributed by atoms with Gasteiger partial charge >= 0.3 is 11.8 Å². The topological polar surface area (TPSA) is 92.3 Å². The van der Waals surface area contributed by atoms with Gasteiger partial charge in [-0.2, -0.15) is 4.48 Å². The zero-order valence-corrected chi connectivity index (χ0v) is 18.3. The summed E-state index contributed by atoms with van der Waals surface area (Å²) in [7, 11) is 1.73. The third-order valence-corrected chi connectivity index (χ3v) is 6.72. The molecular weight excluding hydrogens is 406 g/mol. The van der Waals surface area contributed by atoms with Crippen LogP contribution in [-0.4, -0.2) is 63.3 Å². The van der Waals surface area contributed by atoms with E-state index in [0.29, 0.717) is 30.1 Å². The maximum atomic E-state index is 13.2. The fourth-order valence-corrected chi connectivity index (χ4v) is 4.79. The zero-order valence-electron chi connectivity index (χ0n) is 18.3. The molecule has 1 fully saturated rings. The molecule has 1 aliphatic carbocycles. The van der Waals surface area contributed by atoms with Gasteiger partial charge in [0.2, 0.25) is 5.91 Å². The average Bonchev–Trinajstić information content (AvgIpc) is 3.62. The molecule has 4 heterocycles. The number of rotatable bonds is 5. The maximum absolute atomic E-state index is 13.2. The SMILES string of the molecule is Cc1ncccc1-c1ccc(NC(=O)CN2CCCC3=C2C(=O)[N+](C)(C2CC2)C3=O)nc1. The van der Waals surface area contributed by atoms with Crippen molar-refractivity contribution >= 4 is 23.5 Å². The quantitative estimate of drug-likeness (QED) is 0.576. The first-order chi connectivity index (χ1) is 15.4. The minimum absolute atomic E-state index is 0.0215. The molecule has 8 nitrogen and oxygen atoms in total. The van der Waals surface area contributed by atoms with Crippen LogP contribution in [0, 0.1) is 6.92 Å². The summed E-state index contributed by atoms with van der Waals surface area (Å²) in [4.78, 5) is 49.4. The van der Waals surface area contributed by atoms with E-state index in [1.54, 1.807) is 30.4 Å². The number of likely N-dealkylation sites (N-methyl/N-ethyl adjacent to an activating group) is 1. The predicted molar refractivity (Wildman–Crippen MR) is 118 cm³/mol. The second-order valence-corrected chi connectivity index (χ2v) is 8.89. The number of hydrogen-bond donors (Lipinski definition) is 1. The van der Waals surface area contributed by atoms with Crippen molar-refractivity contribution in [1.82, 2.24) is 14.9 Å². The van der Waals surface area contributed by atoms with Crippen LogP contribution in [0.25, 0.3) is 11.1 Å². The monoisotopic (exact) mass is 432 g/mol. The Morgan fingerprint density at radius 3 is 2.69 bits per heavy atom. The van der Waals surface area contributed by atoms with E-state index in [1.807, 2.05) is 25.1 Å². The van der Waals surface area contributed by atoms with Crippen LogP contribution in [0.1, 0.15) is 31.4 Å². The van der Waals surface area contributed by atoms with Gasteiger partial charge in [-0.05, 0) is 38.0 Å². The van der Waals surface area contributed by atoms with Gasteiger partial charge in [0, 0.05) is 48.6 Å². The van der Waals surface area contributed by atoms with Crippen molar-refractivity contribution in [3.05, 3.63) is 53.6 Å². The Hall–Kier alpha value is -3.39. The number of hydrogen-bond acceptors (Lipinski definition) is 6. The normalized spacial score (nSPS) is 22.9. The Morgan fingerprint density at radius 2 is 2.00 bits per heavy atom. The summed E-state index contributed by atoms with van der Waals surface area (Å²) in [5, 5.41) is 2.81. The van der Waals surface area contributed by atoms with E-state index in [4.69, 9.17) is 0 Å². The minimum Gasteiger partial charge on any atom is -0.354 e. The van der Waals surface area contributed by atoms with Gasteiger partial charge < -0.3 is 10.2 Å². The molecule has 164 valence electrons. The lowest BCUT2D eigenvalue weighted by Crippen LogP contribution is -2.53. The Morgan fingerprint density at radius 1 is 1.19 bits per heavy atom. The van der Waals surface area contributed by atoms with Crippen molar-refractivity contribution < 1.29 is 18.9 Å². The van der Waals surface area contributed by atoms with Crippen molar-refractivity contribution in [2.75, 3.05) is 25.5 Å². The molecule has 0 saturated heterocycles. The maximum Gasteiger partial charge on any atom is 0.370 e. The molecule has 1 atom stereocenters. The van der Waals surface area contributed by atoms with Gasteiger partial charge in [-0.15, -0.1) is 0 Å². The third kappa shape index (κ3) is 3.31. The Balaban J connectivity index is 1.29. The van der Waals surface area contributed by atoms with Gasteiger partial charge in [0.25, 0.3) is 0 Å². The fourth-order valence-electron chi connectivity index (χ4n) is 4.79. The molecule has 0 aromatic carbocycles.